The van der Waals surface area contributed by atoms with Crippen molar-refractivity contribution in [1.82, 2.24) is 0 Å². The van der Waals surface area contributed by atoms with E-state index in [1.165, 1.54) is 24.1 Å². The molecule has 1 aromatic carbocycles. The normalized spacial score (nSPS) is 22.3. The second-order valence-electron chi connectivity index (χ2n) is 5.35. The van der Waals surface area contributed by atoms with E-state index in [9.17, 15) is 4.79 Å². The van der Waals surface area contributed by atoms with E-state index in [4.69, 9.17) is 5.11 Å². The molecule has 98 valence electrons. The number of rotatable bonds is 5. The number of nitrogens with zero attached hydrogens (tertiary/aromatic N) is 1. The minimum Gasteiger partial charge on any atom is -0.481 e. The molecule has 3 nitrogen and oxygen atoms in total. The van der Waals surface area contributed by atoms with Gasteiger partial charge in [0.15, 0.2) is 0 Å². The van der Waals surface area contributed by atoms with Gasteiger partial charge in [0.05, 0.1) is 6.42 Å². The van der Waals surface area contributed by atoms with Gasteiger partial charge < -0.3 is 10.0 Å². The van der Waals surface area contributed by atoms with Crippen LogP contribution in [-0.2, 0) is 4.79 Å². The molecule has 3 heteroatoms. The van der Waals surface area contributed by atoms with Gasteiger partial charge >= 0.3 is 5.97 Å². The fraction of sp³-hybridized carbons (Fsp3) is 0.533. The number of benzene rings is 1. The summed E-state index contributed by atoms with van der Waals surface area (Å²) in [5, 5.41) is 8.88. The molecule has 1 aromatic rings. The Morgan fingerprint density at radius 3 is 2.61 bits per heavy atom. The van der Waals surface area contributed by atoms with E-state index in [1.54, 1.807) is 0 Å². The molecule has 0 unspecified atom stereocenters. The van der Waals surface area contributed by atoms with E-state index < -0.39 is 5.97 Å². The fourth-order valence-corrected chi connectivity index (χ4v) is 2.72. The highest BCUT2D eigenvalue weighted by Crippen LogP contribution is 2.35. The minimum absolute atomic E-state index is 0.208. The number of anilines is 1. The molecule has 1 aliphatic carbocycles. The lowest BCUT2D eigenvalue weighted by atomic mass is 9.80. The van der Waals surface area contributed by atoms with Crippen LogP contribution in [0, 0.1) is 12.8 Å². The maximum Gasteiger partial charge on any atom is 0.305 e. The number of carboxylic acids is 1. The highest BCUT2D eigenvalue weighted by Gasteiger charge is 2.31. The molecule has 0 amide bonds. The summed E-state index contributed by atoms with van der Waals surface area (Å²) in [5.74, 6) is 0.0484. The molecule has 18 heavy (non-hydrogen) atoms. The van der Waals surface area contributed by atoms with Crippen molar-refractivity contribution >= 4 is 11.7 Å². The lowest BCUT2D eigenvalue weighted by molar-refractivity contribution is -0.136. The quantitative estimate of drug-likeness (QED) is 0.869. The van der Waals surface area contributed by atoms with Crippen molar-refractivity contribution in [3.05, 3.63) is 29.8 Å². The molecule has 0 aliphatic heterocycles. The van der Waals surface area contributed by atoms with Crippen LogP contribution in [0.25, 0.3) is 0 Å². The van der Waals surface area contributed by atoms with Crippen LogP contribution >= 0.6 is 0 Å². The predicted octanol–water partition coefficient (Wildman–Crippen LogP) is 3.07. The zero-order chi connectivity index (χ0) is 13.1. The van der Waals surface area contributed by atoms with Crippen molar-refractivity contribution in [2.24, 2.45) is 5.92 Å². The topological polar surface area (TPSA) is 40.5 Å². The number of aliphatic carboxylic acids is 1. The third-order valence-corrected chi connectivity index (χ3v) is 3.78. The van der Waals surface area contributed by atoms with Crippen LogP contribution in [0.3, 0.4) is 0 Å². The monoisotopic (exact) mass is 247 g/mol. The summed E-state index contributed by atoms with van der Waals surface area (Å²) in [5.41, 5.74) is 2.41. The molecule has 1 aliphatic rings. The van der Waals surface area contributed by atoms with Gasteiger partial charge in [-0.1, -0.05) is 25.1 Å². The Morgan fingerprint density at radius 1 is 1.39 bits per heavy atom. The number of hydrogen-bond donors (Lipinski definition) is 1. The molecule has 0 aromatic heterocycles. The zero-order valence-electron chi connectivity index (χ0n) is 11.1. The van der Waals surface area contributed by atoms with Crippen LogP contribution in [-0.4, -0.2) is 23.7 Å². The van der Waals surface area contributed by atoms with Crippen LogP contribution in [0.4, 0.5) is 5.69 Å². The Balaban J connectivity index is 2.14. The second kappa shape index (κ2) is 5.42. The largest absolute Gasteiger partial charge is 0.481 e. The molecule has 0 atom stereocenters. The molecule has 1 fully saturated rings. The predicted molar refractivity (Wildman–Crippen MR) is 73.0 cm³/mol. The number of carboxylic acid groups (broad SMARTS) is 1. The second-order valence-corrected chi connectivity index (χ2v) is 5.35. The van der Waals surface area contributed by atoms with Gasteiger partial charge in [-0.2, -0.15) is 0 Å². The molecule has 0 radical (unpaired) electrons. The lowest BCUT2D eigenvalue weighted by Gasteiger charge is -2.43. The Morgan fingerprint density at radius 2 is 2.06 bits per heavy atom. The first kappa shape index (κ1) is 12.9. The van der Waals surface area contributed by atoms with Crippen LogP contribution in [0.2, 0.25) is 0 Å². The van der Waals surface area contributed by atoms with Gasteiger partial charge in [-0.25, -0.2) is 0 Å². The first-order valence-corrected chi connectivity index (χ1v) is 6.62. The Hall–Kier alpha value is -1.51. The summed E-state index contributed by atoms with van der Waals surface area (Å²) in [6, 6.07) is 8.75. The summed E-state index contributed by atoms with van der Waals surface area (Å²) in [6.07, 6.45) is 2.56. The van der Waals surface area contributed by atoms with Crippen LogP contribution in [0.15, 0.2) is 24.3 Å². The van der Waals surface area contributed by atoms with Crippen molar-refractivity contribution in [2.45, 2.75) is 39.2 Å². The van der Waals surface area contributed by atoms with Crippen LogP contribution < -0.4 is 4.90 Å². The highest BCUT2D eigenvalue weighted by molar-refractivity contribution is 5.68. The first-order chi connectivity index (χ1) is 8.58. The van der Waals surface area contributed by atoms with Crippen molar-refractivity contribution in [3.63, 3.8) is 0 Å². The summed E-state index contributed by atoms with van der Waals surface area (Å²) < 4.78 is 0. The number of carbonyl (C=O) groups is 1. The summed E-state index contributed by atoms with van der Waals surface area (Å²) in [6.45, 7) is 4.95. The smallest absolute Gasteiger partial charge is 0.305 e. The standard InChI is InChI=1S/C15H21NO2/c1-11-9-13(10-11)16(8-7-15(17)18)14-6-4-3-5-12(14)2/h3-6,11,13H,7-10H2,1-2H3,(H,17,18). The molecule has 1 saturated carbocycles. The number of para-hydroxylation sites is 1. The van der Waals surface area contributed by atoms with Crippen LogP contribution in [0.1, 0.15) is 31.7 Å². The average Bonchev–Trinajstić information content (AvgIpc) is 2.28. The van der Waals surface area contributed by atoms with Gasteiger partial charge in [-0.15, -0.1) is 0 Å². The lowest BCUT2D eigenvalue weighted by Crippen LogP contribution is -2.45. The van der Waals surface area contributed by atoms with Gasteiger partial charge in [0.2, 0.25) is 0 Å². The average molecular weight is 247 g/mol. The van der Waals surface area contributed by atoms with E-state index in [-0.39, 0.29) is 6.42 Å². The van der Waals surface area contributed by atoms with Crippen molar-refractivity contribution in [1.29, 1.82) is 0 Å². The van der Waals surface area contributed by atoms with Crippen molar-refractivity contribution < 1.29 is 9.90 Å². The molecule has 0 bridgehead atoms. The van der Waals surface area contributed by atoms with E-state index in [0.717, 1.165) is 5.92 Å². The van der Waals surface area contributed by atoms with E-state index in [0.29, 0.717) is 12.6 Å². The van der Waals surface area contributed by atoms with E-state index >= 15 is 0 Å². The molecule has 0 spiro atoms. The van der Waals surface area contributed by atoms with Crippen molar-refractivity contribution in [3.8, 4) is 0 Å². The van der Waals surface area contributed by atoms with Gasteiger partial charge in [0.25, 0.3) is 0 Å². The fourth-order valence-electron chi connectivity index (χ4n) is 2.72. The van der Waals surface area contributed by atoms with Gasteiger partial charge in [-0.3, -0.25) is 4.79 Å². The molecule has 1 N–H and O–H groups in total. The van der Waals surface area contributed by atoms with Gasteiger partial charge in [0.1, 0.15) is 0 Å². The van der Waals surface area contributed by atoms with Gasteiger partial charge in [-0.05, 0) is 37.3 Å². The minimum atomic E-state index is -0.721. The summed E-state index contributed by atoms with van der Waals surface area (Å²) in [7, 11) is 0. The third-order valence-electron chi connectivity index (χ3n) is 3.78. The Kier molecular flexibility index (Phi) is 3.90. The summed E-state index contributed by atoms with van der Waals surface area (Å²) in [4.78, 5) is 13.1. The third kappa shape index (κ3) is 2.84. The van der Waals surface area contributed by atoms with E-state index in [2.05, 4.69) is 30.9 Å². The molecular formula is C15H21NO2. The highest BCUT2D eigenvalue weighted by atomic mass is 16.4. The zero-order valence-corrected chi connectivity index (χ0v) is 11.1. The maximum absolute atomic E-state index is 10.8. The molecule has 2 rings (SSSR count). The Labute approximate surface area is 108 Å². The Bertz CT molecular complexity index is 424. The van der Waals surface area contributed by atoms with Crippen LogP contribution in [0.5, 0.6) is 0 Å². The van der Waals surface area contributed by atoms with Crippen molar-refractivity contribution in [2.75, 3.05) is 11.4 Å². The van der Waals surface area contributed by atoms with Gasteiger partial charge in [0, 0.05) is 18.3 Å². The summed E-state index contributed by atoms with van der Waals surface area (Å²) >= 11 is 0. The maximum atomic E-state index is 10.8. The molecule has 0 heterocycles. The SMILES string of the molecule is Cc1ccccc1N(CCC(=O)O)C1CC(C)C1. The number of hydrogen-bond acceptors (Lipinski definition) is 2. The number of aryl methyl sites for hydroxylation is 1. The molecular weight excluding hydrogens is 226 g/mol. The first-order valence-electron chi connectivity index (χ1n) is 6.62. The van der Waals surface area contributed by atoms with E-state index in [1.807, 2.05) is 12.1 Å². The molecule has 0 saturated heterocycles.